The largest absolute Gasteiger partial charge is 0.493 e. The van der Waals surface area contributed by atoms with Crippen LogP contribution in [-0.2, 0) is 0 Å². The van der Waals surface area contributed by atoms with Gasteiger partial charge in [-0.05, 0) is 24.1 Å². The SMILES string of the molecule is CCCC(N)c1cc(OC)c(OC)cc1Br. The van der Waals surface area contributed by atoms with Crippen molar-refractivity contribution in [2.75, 3.05) is 14.2 Å². The van der Waals surface area contributed by atoms with Gasteiger partial charge in [0.05, 0.1) is 14.2 Å². The lowest BCUT2D eigenvalue weighted by Crippen LogP contribution is -2.10. The first-order valence-electron chi connectivity index (χ1n) is 5.31. The van der Waals surface area contributed by atoms with E-state index in [0.717, 1.165) is 22.9 Å². The topological polar surface area (TPSA) is 44.5 Å². The summed E-state index contributed by atoms with van der Waals surface area (Å²) in [6, 6.07) is 3.85. The van der Waals surface area contributed by atoms with Crippen LogP contribution < -0.4 is 15.2 Å². The first-order valence-corrected chi connectivity index (χ1v) is 6.10. The van der Waals surface area contributed by atoms with Crippen molar-refractivity contribution in [3.8, 4) is 11.5 Å². The predicted molar refractivity (Wildman–Crippen MR) is 69.1 cm³/mol. The number of nitrogens with two attached hydrogens (primary N) is 1. The third-order valence-electron chi connectivity index (χ3n) is 2.50. The maximum absolute atomic E-state index is 6.10. The average Bonchev–Trinajstić information content (AvgIpc) is 2.28. The number of methoxy groups -OCH3 is 2. The van der Waals surface area contributed by atoms with E-state index >= 15 is 0 Å². The lowest BCUT2D eigenvalue weighted by atomic mass is 10.0. The van der Waals surface area contributed by atoms with Crippen molar-refractivity contribution in [3.63, 3.8) is 0 Å². The molecule has 1 aromatic carbocycles. The Hall–Kier alpha value is -0.740. The van der Waals surface area contributed by atoms with Crippen LogP contribution in [0.15, 0.2) is 16.6 Å². The minimum Gasteiger partial charge on any atom is -0.493 e. The Balaban J connectivity index is 3.10. The summed E-state index contributed by atoms with van der Waals surface area (Å²) in [5, 5.41) is 0. The molecule has 0 saturated carbocycles. The molecule has 0 spiro atoms. The summed E-state index contributed by atoms with van der Waals surface area (Å²) < 4.78 is 11.4. The van der Waals surface area contributed by atoms with Crippen LogP contribution in [0.4, 0.5) is 0 Å². The van der Waals surface area contributed by atoms with Crippen LogP contribution in [0.2, 0.25) is 0 Å². The van der Waals surface area contributed by atoms with Crippen LogP contribution in [-0.4, -0.2) is 14.2 Å². The maximum atomic E-state index is 6.10. The first-order chi connectivity index (χ1) is 7.63. The summed E-state index contributed by atoms with van der Waals surface area (Å²) in [4.78, 5) is 0. The summed E-state index contributed by atoms with van der Waals surface area (Å²) in [6.45, 7) is 2.12. The molecule has 0 bridgehead atoms. The molecule has 3 nitrogen and oxygen atoms in total. The van der Waals surface area contributed by atoms with E-state index in [0.29, 0.717) is 11.5 Å². The van der Waals surface area contributed by atoms with Gasteiger partial charge in [0.1, 0.15) is 0 Å². The zero-order valence-corrected chi connectivity index (χ0v) is 11.5. The lowest BCUT2D eigenvalue weighted by molar-refractivity contribution is 0.354. The quantitative estimate of drug-likeness (QED) is 0.904. The fourth-order valence-corrected chi connectivity index (χ4v) is 2.24. The molecule has 0 fully saturated rings. The fraction of sp³-hybridized carbons (Fsp3) is 0.500. The number of hydrogen-bond acceptors (Lipinski definition) is 3. The summed E-state index contributed by atoms with van der Waals surface area (Å²) in [6.07, 6.45) is 2.01. The van der Waals surface area contributed by atoms with Gasteiger partial charge in [-0.1, -0.05) is 29.3 Å². The zero-order chi connectivity index (χ0) is 12.1. The van der Waals surface area contributed by atoms with Gasteiger partial charge in [-0.3, -0.25) is 0 Å². The molecule has 0 aliphatic rings. The van der Waals surface area contributed by atoms with Gasteiger partial charge in [-0.2, -0.15) is 0 Å². The van der Waals surface area contributed by atoms with Gasteiger partial charge in [0.15, 0.2) is 11.5 Å². The minimum absolute atomic E-state index is 0.0270. The highest BCUT2D eigenvalue weighted by Gasteiger charge is 2.14. The van der Waals surface area contributed by atoms with E-state index in [-0.39, 0.29) is 6.04 Å². The molecule has 0 heterocycles. The predicted octanol–water partition coefficient (Wildman–Crippen LogP) is 3.27. The number of halogens is 1. The van der Waals surface area contributed by atoms with Crippen LogP contribution in [0, 0.1) is 0 Å². The first kappa shape index (κ1) is 13.3. The van der Waals surface area contributed by atoms with Gasteiger partial charge in [0.25, 0.3) is 0 Å². The van der Waals surface area contributed by atoms with Crippen LogP contribution in [0.1, 0.15) is 31.4 Å². The van der Waals surface area contributed by atoms with Crippen molar-refractivity contribution < 1.29 is 9.47 Å². The summed E-state index contributed by atoms with van der Waals surface area (Å²) in [5.41, 5.74) is 7.15. The van der Waals surface area contributed by atoms with E-state index in [2.05, 4.69) is 22.9 Å². The standard InChI is InChI=1S/C12H18BrNO2/c1-4-5-10(14)8-6-11(15-2)12(16-3)7-9(8)13/h6-7,10H,4-5,14H2,1-3H3. The van der Waals surface area contributed by atoms with Crippen molar-refractivity contribution >= 4 is 15.9 Å². The Kier molecular flexibility index (Phi) is 5.09. The number of benzene rings is 1. The van der Waals surface area contributed by atoms with Crippen LogP contribution >= 0.6 is 15.9 Å². The molecule has 1 aromatic rings. The van der Waals surface area contributed by atoms with Crippen molar-refractivity contribution in [3.05, 3.63) is 22.2 Å². The van der Waals surface area contributed by atoms with Crippen LogP contribution in [0.25, 0.3) is 0 Å². The second-order valence-electron chi connectivity index (χ2n) is 3.62. The summed E-state index contributed by atoms with van der Waals surface area (Å²) in [7, 11) is 3.25. The smallest absolute Gasteiger partial charge is 0.161 e. The van der Waals surface area contributed by atoms with E-state index in [1.54, 1.807) is 14.2 Å². The van der Waals surface area contributed by atoms with Crippen molar-refractivity contribution in [1.82, 2.24) is 0 Å². The van der Waals surface area contributed by atoms with E-state index in [1.165, 1.54) is 0 Å². The van der Waals surface area contributed by atoms with E-state index < -0.39 is 0 Å². The van der Waals surface area contributed by atoms with E-state index in [1.807, 2.05) is 12.1 Å². The second kappa shape index (κ2) is 6.11. The molecule has 0 radical (unpaired) electrons. The molecule has 0 aliphatic heterocycles. The lowest BCUT2D eigenvalue weighted by Gasteiger charge is -2.16. The summed E-state index contributed by atoms with van der Waals surface area (Å²) >= 11 is 3.51. The monoisotopic (exact) mass is 287 g/mol. The molecule has 1 unspecified atom stereocenters. The van der Waals surface area contributed by atoms with Crippen molar-refractivity contribution in [1.29, 1.82) is 0 Å². The Bertz CT molecular complexity index is 355. The molecule has 90 valence electrons. The molecular formula is C12H18BrNO2. The van der Waals surface area contributed by atoms with Gasteiger partial charge in [0, 0.05) is 10.5 Å². The highest BCUT2D eigenvalue weighted by Crippen LogP contribution is 2.36. The van der Waals surface area contributed by atoms with Gasteiger partial charge in [-0.15, -0.1) is 0 Å². The van der Waals surface area contributed by atoms with Crippen molar-refractivity contribution in [2.45, 2.75) is 25.8 Å². The molecular weight excluding hydrogens is 270 g/mol. The number of rotatable bonds is 5. The molecule has 0 amide bonds. The van der Waals surface area contributed by atoms with Crippen LogP contribution in [0.3, 0.4) is 0 Å². The number of ether oxygens (including phenoxy) is 2. The zero-order valence-electron chi connectivity index (χ0n) is 9.92. The number of hydrogen-bond donors (Lipinski definition) is 1. The highest BCUT2D eigenvalue weighted by molar-refractivity contribution is 9.10. The average molecular weight is 288 g/mol. The Morgan fingerprint density at radius 2 is 1.81 bits per heavy atom. The minimum atomic E-state index is 0.0270. The van der Waals surface area contributed by atoms with Gasteiger partial charge in [0.2, 0.25) is 0 Å². The molecule has 4 heteroatoms. The van der Waals surface area contributed by atoms with Crippen LogP contribution in [0.5, 0.6) is 11.5 Å². The highest BCUT2D eigenvalue weighted by atomic mass is 79.9. The van der Waals surface area contributed by atoms with Gasteiger partial charge >= 0.3 is 0 Å². The van der Waals surface area contributed by atoms with E-state index in [9.17, 15) is 0 Å². The van der Waals surface area contributed by atoms with Gasteiger partial charge in [-0.25, -0.2) is 0 Å². The molecule has 0 aromatic heterocycles. The molecule has 16 heavy (non-hydrogen) atoms. The Labute approximate surface area is 105 Å². The molecule has 0 aliphatic carbocycles. The molecule has 1 atom stereocenters. The van der Waals surface area contributed by atoms with E-state index in [4.69, 9.17) is 15.2 Å². The molecule has 0 saturated heterocycles. The maximum Gasteiger partial charge on any atom is 0.161 e. The molecule has 1 rings (SSSR count). The third-order valence-corrected chi connectivity index (χ3v) is 3.19. The molecule has 2 N–H and O–H groups in total. The fourth-order valence-electron chi connectivity index (χ4n) is 1.62. The second-order valence-corrected chi connectivity index (χ2v) is 4.48. The van der Waals surface area contributed by atoms with Crippen molar-refractivity contribution in [2.24, 2.45) is 5.73 Å². The Morgan fingerprint density at radius 3 is 2.31 bits per heavy atom. The Morgan fingerprint density at radius 1 is 1.25 bits per heavy atom. The van der Waals surface area contributed by atoms with Gasteiger partial charge < -0.3 is 15.2 Å². The third kappa shape index (κ3) is 2.89. The normalized spacial score (nSPS) is 12.3. The summed E-state index contributed by atoms with van der Waals surface area (Å²) in [5.74, 6) is 1.43.